The van der Waals surface area contributed by atoms with Gasteiger partial charge in [0.25, 0.3) is 0 Å². The van der Waals surface area contributed by atoms with Gasteiger partial charge in [0.15, 0.2) is 0 Å². The summed E-state index contributed by atoms with van der Waals surface area (Å²) in [6.07, 6.45) is 5.46. The fourth-order valence-electron chi connectivity index (χ4n) is 3.73. The Morgan fingerprint density at radius 1 is 0.971 bits per heavy atom. The van der Waals surface area contributed by atoms with Crippen molar-refractivity contribution >= 4 is 16.6 Å². The quantitative estimate of drug-likeness (QED) is 0.410. The number of fused-ring (bicyclic) bond motifs is 1. The van der Waals surface area contributed by atoms with E-state index in [2.05, 4.69) is 48.9 Å². The predicted octanol–water partition coefficient (Wildman–Crippen LogP) is 7.76. The molecule has 0 unspecified atom stereocenters. The van der Waals surface area contributed by atoms with Crippen LogP contribution in [0.25, 0.3) is 10.9 Å². The van der Waals surface area contributed by atoms with Gasteiger partial charge in [0.2, 0.25) is 0 Å². The molecule has 0 saturated heterocycles. The van der Waals surface area contributed by atoms with Crippen molar-refractivity contribution in [2.75, 3.05) is 12.8 Å². The van der Waals surface area contributed by atoms with Gasteiger partial charge in [0.05, 0.1) is 5.52 Å². The van der Waals surface area contributed by atoms with E-state index in [9.17, 15) is 13.2 Å². The third-order valence-electron chi connectivity index (χ3n) is 6.01. The number of hydrogen-bond acceptors (Lipinski definition) is 3. The lowest BCUT2D eigenvalue weighted by Gasteiger charge is -2.09. The number of nitrogens with two attached hydrogens (primary N) is 1. The Hall–Kier alpha value is -3.02. The average molecular weight is 472 g/mol. The molecule has 0 bridgehead atoms. The second kappa shape index (κ2) is 13.0. The molecule has 3 aromatic rings. The summed E-state index contributed by atoms with van der Waals surface area (Å²) in [6.45, 7) is 8.23. The Balaban J connectivity index is 0.000000195. The standard InChI is InChI=1S/C12H17N.C10H7F3N2.C6H12/c1-9-6-5-7-12(11(9)3)8-10(2)13-4;11-10(12,13)9-5-7(14)6-3-1-2-4-8(6)15-9;1-2-4-6-5-3-1/h5-7,13H,2,8H2,1,3-4H3;1-5H,(H2,14,15);1-6H2. The average Bonchev–Trinajstić information content (AvgIpc) is 2.83. The summed E-state index contributed by atoms with van der Waals surface area (Å²) in [6, 6.07) is 13.7. The first-order chi connectivity index (χ1) is 16.1. The van der Waals surface area contributed by atoms with Gasteiger partial charge in [0.1, 0.15) is 5.69 Å². The van der Waals surface area contributed by atoms with Gasteiger partial charge >= 0.3 is 6.18 Å². The molecular weight excluding hydrogens is 435 g/mol. The zero-order valence-corrected chi connectivity index (χ0v) is 20.4. The van der Waals surface area contributed by atoms with E-state index >= 15 is 0 Å². The number of rotatable bonds is 3. The first kappa shape index (κ1) is 27.2. The lowest BCUT2D eigenvalue weighted by molar-refractivity contribution is -0.140. The molecule has 0 amide bonds. The van der Waals surface area contributed by atoms with Crippen LogP contribution < -0.4 is 11.1 Å². The Morgan fingerprint density at radius 3 is 2.12 bits per heavy atom. The van der Waals surface area contributed by atoms with Gasteiger partial charge in [0, 0.05) is 30.2 Å². The van der Waals surface area contributed by atoms with Crippen LogP contribution in [-0.4, -0.2) is 12.0 Å². The number of halogens is 3. The molecule has 1 saturated carbocycles. The highest BCUT2D eigenvalue weighted by molar-refractivity contribution is 5.90. The van der Waals surface area contributed by atoms with Gasteiger partial charge < -0.3 is 11.1 Å². The molecule has 1 aromatic heterocycles. The van der Waals surface area contributed by atoms with E-state index in [0.717, 1.165) is 18.2 Å². The molecule has 4 rings (SSSR count). The van der Waals surface area contributed by atoms with Crippen LogP contribution >= 0.6 is 0 Å². The van der Waals surface area contributed by atoms with Crippen LogP contribution in [0.1, 0.15) is 60.9 Å². The number of likely N-dealkylation sites (N-methyl/N-ethyl adjacent to an activating group) is 1. The number of para-hydroxylation sites is 1. The maximum atomic E-state index is 12.4. The van der Waals surface area contributed by atoms with Crippen LogP contribution in [0.5, 0.6) is 0 Å². The van der Waals surface area contributed by atoms with E-state index in [1.165, 1.54) is 61.3 Å². The van der Waals surface area contributed by atoms with Crippen molar-refractivity contribution in [1.82, 2.24) is 10.3 Å². The number of anilines is 1. The summed E-state index contributed by atoms with van der Waals surface area (Å²) in [5, 5.41) is 3.60. The molecule has 1 heterocycles. The zero-order valence-electron chi connectivity index (χ0n) is 20.4. The van der Waals surface area contributed by atoms with Gasteiger partial charge in [-0.1, -0.05) is 81.5 Å². The fourth-order valence-corrected chi connectivity index (χ4v) is 3.73. The van der Waals surface area contributed by atoms with Crippen molar-refractivity contribution in [3.8, 4) is 0 Å². The molecule has 2 aromatic carbocycles. The van der Waals surface area contributed by atoms with Crippen molar-refractivity contribution in [1.29, 1.82) is 0 Å². The lowest BCUT2D eigenvalue weighted by atomic mass is 10.0. The summed E-state index contributed by atoms with van der Waals surface area (Å²) in [4.78, 5) is 3.50. The van der Waals surface area contributed by atoms with Crippen molar-refractivity contribution < 1.29 is 13.2 Å². The first-order valence-electron chi connectivity index (χ1n) is 11.8. The number of nitrogen functional groups attached to an aromatic ring is 1. The van der Waals surface area contributed by atoms with E-state index < -0.39 is 11.9 Å². The van der Waals surface area contributed by atoms with E-state index in [0.29, 0.717) is 5.39 Å². The predicted molar refractivity (Wildman–Crippen MR) is 137 cm³/mol. The van der Waals surface area contributed by atoms with Crippen LogP contribution in [0.2, 0.25) is 0 Å². The van der Waals surface area contributed by atoms with Gasteiger partial charge in [-0.25, -0.2) is 4.98 Å². The number of aryl methyl sites for hydroxylation is 1. The minimum atomic E-state index is -4.46. The molecule has 1 aliphatic carbocycles. The minimum Gasteiger partial charge on any atom is -0.398 e. The summed E-state index contributed by atoms with van der Waals surface area (Å²) in [5.74, 6) is 0. The topological polar surface area (TPSA) is 50.9 Å². The van der Waals surface area contributed by atoms with Crippen molar-refractivity contribution in [2.45, 2.75) is 65.0 Å². The summed E-state index contributed by atoms with van der Waals surface area (Å²) >= 11 is 0. The second-order valence-corrected chi connectivity index (χ2v) is 8.62. The Bertz CT molecular complexity index is 1060. The summed E-state index contributed by atoms with van der Waals surface area (Å²) in [5.41, 5.74) is 10.0. The summed E-state index contributed by atoms with van der Waals surface area (Å²) < 4.78 is 37.1. The SMILES string of the molecule is C1CCCCC1.C=C(Cc1cccc(C)c1C)NC.Nc1cc(C(F)(F)F)nc2ccccc12. The fraction of sp³-hybridized carbons (Fsp3) is 0.393. The number of pyridine rings is 1. The molecule has 6 heteroatoms. The maximum Gasteiger partial charge on any atom is 0.433 e. The molecule has 0 aliphatic heterocycles. The third kappa shape index (κ3) is 8.40. The van der Waals surface area contributed by atoms with Gasteiger partial charge in [-0.2, -0.15) is 13.2 Å². The number of benzene rings is 2. The van der Waals surface area contributed by atoms with Crippen molar-refractivity contribution in [2.24, 2.45) is 0 Å². The molecule has 184 valence electrons. The molecule has 0 spiro atoms. The Kier molecular flexibility index (Phi) is 10.4. The number of nitrogens with one attached hydrogen (secondary N) is 1. The number of hydrogen-bond donors (Lipinski definition) is 2. The number of allylic oxidation sites excluding steroid dienone is 1. The van der Waals surface area contributed by atoms with Crippen LogP contribution in [0.15, 0.2) is 60.8 Å². The highest BCUT2D eigenvalue weighted by Gasteiger charge is 2.33. The third-order valence-corrected chi connectivity index (χ3v) is 6.01. The molecular formula is C28H36F3N3. The van der Waals surface area contributed by atoms with Crippen LogP contribution in [-0.2, 0) is 12.6 Å². The normalized spacial score (nSPS) is 13.2. The highest BCUT2D eigenvalue weighted by atomic mass is 19.4. The van der Waals surface area contributed by atoms with Crippen molar-refractivity contribution in [3.05, 3.63) is 83.2 Å². The van der Waals surface area contributed by atoms with Gasteiger partial charge in [-0.05, 0) is 42.7 Å². The van der Waals surface area contributed by atoms with Crippen molar-refractivity contribution in [3.63, 3.8) is 0 Å². The highest BCUT2D eigenvalue weighted by Crippen LogP contribution is 2.31. The number of nitrogens with zero attached hydrogens (tertiary/aromatic N) is 1. The zero-order chi connectivity index (χ0) is 25.1. The smallest absolute Gasteiger partial charge is 0.398 e. The van der Waals surface area contributed by atoms with E-state index in [1.54, 1.807) is 18.2 Å². The van der Waals surface area contributed by atoms with Crippen LogP contribution in [0.4, 0.5) is 18.9 Å². The van der Waals surface area contributed by atoms with Gasteiger partial charge in [-0.15, -0.1) is 0 Å². The largest absolute Gasteiger partial charge is 0.433 e. The Morgan fingerprint density at radius 2 is 1.56 bits per heavy atom. The monoisotopic (exact) mass is 471 g/mol. The molecule has 3 N–H and O–H groups in total. The number of alkyl halides is 3. The molecule has 1 aliphatic rings. The lowest BCUT2D eigenvalue weighted by Crippen LogP contribution is -2.08. The van der Waals surface area contributed by atoms with Gasteiger partial charge in [-0.3, -0.25) is 0 Å². The van der Waals surface area contributed by atoms with E-state index in [1.807, 2.05) is 7.05 Å². The molecule has 1 fully saturated rings. The van der Waals surface area contributed by atoms with Crippen LogP contribution in [0.3, 0.4) is 0 Å². The van der Waals surface area contributed by atoms with E-state index in [-0.39, 0.29) is 11.2 Å². The molecule has 0 atom stereocenters. The summed E-state index contributed by atoms with van der Waals surface area (Å²) in [7, 11) is 1.91. The minimum absolute atomic E-state index is 0.0907. The second-order valence-electron chi connectivity index (χ2n) is 8.62. The van der Waals surface area contributed by atoms with Crippen LogP contribution in [0, 0.1) is 13.8 Å². The molecule has 34 heavy (non-hydrogen) atoms. The first-order valence-corrected chi connectivity index (χ1v) is 11.8. The maximum absolute atomic E-state index is 12.4. The molecule has 0 radical (unpaired) electrons. The van der Waals surface area contributed by atoms with E-state index in [4.69, 9.17) is 5.73 Å². The number of aromatic nitrogens is 1. The Labute approximate surface area is 201 Å². The molecule has 3 nitrogen and oxygen atoms in total.